The number of carbonyl (C=O) groups excluding carboxylic acids is 2. The van der Waals surface area contributed by atoms with Crippen molar-refractivity contribution in [2.75, 3.05) is 19.6 Å². The number of amides is 2. The van der Waals surface area contributed by atoms with Gasteiger partial charge in [0.2, 0.25) is 11.8 Å². The first-order chi connectivity index (χ1) is 9.72. The summed E-state index contributed by atoms with van der Waals surface area (Å²) in [6.45, 7) is 1.80. The average molecular weight is 272 g/mol. The molecule has 0 atom stereocenters. The Balaban J connectivity index is 1.58. The maximum atomic E-state index is 12.4. The van der Waals surface area contributed by atoms with Crippen molar-refractivity contribution in [3.8, 4) is 0 Å². The Hall–Kier alpha value is -1.84. The quantitative estimate of drug-likeness (QED) is 0.902. The normalized spacial score (nSPS) is 19.7. The summed E-state index contributed by atoms with van der Waals surface area (Å²) in [5.41, 5.74) is 0.679. The van der Waals surface area contributed by atoms with Gasteiger partial charge in [-0.3, -0.25) is 9.59 Å². The summed E-state index contributed by atoms with van der Waals surface area (Å²) in [7, 11) is 0. The zero-order valence-electron chi connectivity index (χ0n) is 11.6. The summed E-state index contributed by atoms with van der Waals surface area (Å²) >= 11 is 0. The van der Waals surface area contributed by atoms with Gasteiger partial charge < -0.3 is 10.2 Å². The van der Waals surface area contributed by atoms with E-state index in [1.54, 1.807) is 0 Å². The summed E-state index contributed by atoms with van der Waals surface area (Å²) in [5.74, 6) is 0.0379. The van der Waals surface area contributed by atoms with E-state index in [1.165, 1.54) is 0 Å². The molecular formula is C16H20N2O2. The van der Waals surface area contributed by atoms with Crippen LogP contribution in [0.2, 0.25) is 0 Å². The number of nitrogens with zero attached hydrogens (tertiary/aromatic N) is 1. The van der Waals surface area contributed by atoms with Gasteiger partial charge in [-0.25, -0.2) is 0 Å². The lowest BCUT2D eigenvalue weighted by molar-refractivity contribution is -0.132. The van der Waals surface area contributed by atoms with E-state index in [1.807, 2.05) is 35.2 Å². The molecule has 3 rings (SSSR count). The molecule has 20 heavy (non-hydrogen) atoms. The Morgan fingerprint density at radius 2 is 1.75 bits per heavy atom. The van der Waals surface area contributed by atoms with Crippen molar-refractivity contribution in [1.82, 2.24) is 10.2 Å². The average Bonchev–Trinajstić information content (AvgIpc) is 3.12. The number of carbonyl (C=O) groups is 2. The zero-order chi connectivity index (χ0) is 14.0. The first-order valence-corrected chi connectivity index (χ1v) is 7.34. The van der Waals surface area contributed by atoms with E-state index < -0.39 is 0 Å². The highest BCUT2D eigenvalue weighted by atomic mass is 16.2. The van der Waals surface area contributed by atoms with E-state index in [2.05, 4.69) is 5.32 Å². The number of rotatable bonds is 4. The van der Waals surface area contributed by atoms with Crippen LogP contribution in [0.25, 0.3) is 0 Å². The van der Waals surface area contributed by atoms with Gasteiger partial charge in [0.25, 0.3) is 0 Å². The Labute approximate surface area is 119 Å². The van der Waals surface area contributed by atoms with Crippen LogP contribution in [-0.2, 0) is 15.0 Å². The van der Waals surface area contributed by atoms with Gasteiger partial charge in [-0.2, -0.15) is 0 Å². The molecule has 1 aromatic rings. The van der Waals surface area contributed by atoms with Crippen LogP contribution in [0.5, 0.6) is 0 Å². The molecule has 106 valence electrons. The number of nitrogens with one attached hydrogen (secondary N) is 1. The van der Waals surface area contributed by atoms with Gasteiger partial charge in [0, 0.05) is 13.1 Å². The molecule has 1 aromatic carbocycles. The number of hydrogen-bond donors (Lipinski definition) is 1. The fourth-order valence-corrected chi connectivity index (χ4v) is 2.93. The molecule has 2 amide bonds. The standard InChI is InChI=1S/C16H20N2O2/c19-14(18-10-4-5-11-18)12-17-15(20)16(8-9-16)13-6-2-1-3-7-13/h1-3,6-7H,4-5,8-12H2,(H,17,20). The van der Waals surface area contributed by atoms with E-state index in [0.717, 1.165) is 44.3 Å². The molecule has 1 aliphatic carbocycles. The third kappa shape index (κ3) is 2.42. The van der Waals surface area contributed by atoms with Gasteiger partial charge in [0.1, 0.15) is 0 Å². The summed E-state index contributed by atoms with van der Waals surface area (Å²) in [6.07, 6.45) is 3.91. The van der Waals surface area contributed by atoms with Gasteiger partial charge in [-0.05, 0) is 31.2 Å². The zero-order valence-corrected chi connectivity index (χ0v) is 11.6. The number of likely N-dealkylation sites (tertiary alicyclic amines) is 1. The Morgan fingerprint density at radius 3 is 2.35 bits per heavy atom. The van der Waals surface area contributed by atoms with E-state index in [0.29, 0.717) is 0 Å². The molecule has 1 N–H and O–H groups in total. The van der Waals surface area contributed by atoms with Crippen LogP contribution < -0.4 is 5.32 Å². The Morgan fingerprint density at radius 1 is 1.10 bits per heavy atom. The predicted molar refractivity (Wildman–Crippen MR) is 76.2 cm³/mol. The summed E-state index contributed by atoms with van der Waals surface area (Å²) in [6, 6.07) is 9.86. The SMILES string of the molecule is O=C(CNC(=O)C1(c2ccccc2)CC1)N1CCCC1. The molecule has 2 fully saturated rings. The van der Waals surface area contributed by atoms with Gasteiger partial charge in [-0.1, -0.05) is 30.3 Å². The minimum Gasteiger partial charge on any atom is -0.346 e. The maximum absolute atomic E-state index is 12.4. The van der Waals surface area contributed by atoms with Gasteiger partial charge in [0.05, 0.1) is 12.0 Å². The molecule has 0 spiro atoms. The fraction of sp³-hybridized carbons (Fsp3) is 0.500. The van der Waals surface area contributed by atoms with Gasteiger partial charge in [-0.15, -0.1) is 0 Å². The molecule has 0 aromatic heterocycles. The van der Waals surface area contributed by atoms with Crippen LogP contribution in [0.4, 0.5) is 0 Å². The van der Waals surface area contributed by atoms with Gasteiger partial charge >= 0.3 is 0 Å². The molecule has 0 bridgehead atoms. The minimum absolute atomic E-state index is 0.00348. The van der Waals surface area contributed by atoms with E-state index in [9.17, 15) is 9.59 Å². The molecular weight excluding hydrogens is 252 g/mol. The Kier molecular flexibility index (Phi) is 3.47. The van der Waals surface area contributed by atoms with Crippen LogP contribution in [-0.4, -0.2) is 36.3 Å². The maximum Gasteiger partial charge on any atom is 0.241 e. The highest BCUT2D eigenvalue weighted by molar-refractivity contribution is 5.93. The lowest BCUT2D eigenvalue weighted by atomic mass is 9.95. The molecule has 4 heteroatoms. The second-order valence-corrected chi connectivity index (χ2v) is 5.72. The molecule has 0 radical (unpaired) electrons. The molecule has 2 aliphatic rings. The highest BCUT2D eigenvalue weighted by Gasteiger charge is 2.51. The number of benzene rings is 1. The molecule has 0 unspecified atom stereocenters. The van der Waals surface area contributed by atoms with Crippen molar-refractivity contribution in [3.05, 3.63) is 35.9 Å². The molecule has 4 nitrogen and oxygen atoms in total. The largest absolute Gasteiger partial charge is 0.346 e. The lowest BCUT2D eigenvalue weighted by Gasteiger charge is -2.18. The van der Waals surface area contributed by atoms with Crippen molar-refractivity contribution in [2.45, 2.75) is 31.1 Å². The van der Waals surface area contributed by atoms with Crippen LogP contribution in [0.1, 0.15) is 31.2 Å². The van der Waals surface area contributed by atoms with Crippen molar-refractivity contribution in [2.24, 2.45) is 0 Å². The van der Waals surface area contributed by atoms with Crippen LogP contribution >= 0.6 is 0 Å². The minimum atomic E-state index is -0.382. The van der Waals surface area contributed by atoms with E-state index >= 15 is 0 Å². The van der Waals surface area contributed by atoms with E-state index in [-0.39, 0.29) is 23.8 Å². The van der Waals surface area contributed by atoms with Crippen molar-refractivity contribution < 1.29 is 9.59 Å². The van der Waals surface area contributed by atoms with Crippen LogP contribution in [0, 0.1) is 0 Å². The van der Waals surface area contributed by atoms with Crippen molar-refractivity contribution in [3.63, 3.8) is 0 Å². The third-order valence-electron chi connectivity index (χ3n) is 4.37. The molecule has 1 saturated heterocycles. The third-order valence-corrected chi connectivity index (χ3v) is 4.37. The van der Waals surface area contributed by atoms with Gasteiger partial charge in [0.15, 0.2) is 0 Å². The topological polar surface area (TPSA) is 49.4 Å². The van der Waals surface area contributed by atoms with E-state index in [4.69, 9.17) is 0 Å². The first kappa shape index (κ1) is 13.2. The second kappa shape index (κ2) is 5.27. The summed E-state index contributed by atoms with van der Waals surface area (Å²) in [5, 5.41) is 2.83. The molecule has 1 aliphatic heterocycles. The van der Waals surface area contributed by atoms with Crippen molar-refractivity contribution >= 4 is 11.8 Å². The smallest absolute Gasteiger partial charge is 0.241 e. The lowest BCUT2D eigenvalue weighted by Crippen LogP contribution is -2.42. The van der Waals surface area contributed by atoms with Crippen molar-refractivity contribution in [1.29, 1.82) is 0 Å². The summed E-state index contributed by atoms with van der Waals surface area (Å²) < 4.78 is 0. The molecule has 1 heterocycles. The Bertz CT molecular complexity index is 502. The monoisotopic (exact) mass is 272 g/mol. The van der Waals surface area contributed by atoms with Crippen LogP contribution in [0.15, 0.2) is 30.3 Å². The number of hydrogen-bond acceptors (Lipinski definition) is 2. The fourth-order valence-electron chi connectivity index (χ4n) is 2.93. The molecule has 1 saturated carbocycles. The second-order valence-electron chi connectivity index (χ2n) is 5.72. The highest BCUT2D eigenvalue weighted by Crippen LogP contribution is 2.48. The van der Waals surface area contributed by atoms with Crippen LogP contribution in [0.3, 0.4) is 0 Å². The predicted octanol–water partition coefficient (Wildman–Crippen LogP) is 1.46. The summed E-state index contributed by atoms with van der Waals surface area (Å²) in [4.78, 5) is 26.1. The first-order valence-electron chi connectivity index (χ1n) is 7.34.